The van der Waals surface area contributed by atoms with E-state index >= 15 is 0 Å². The molecule has 0 aliphatic carbocycles. The SMILES string of the molecule is CC(C)c1sc(NC(=O)NCc2cccc(F)c2)nc1CNC=O. The number of thiazole rings is 1. The van der Waals surface area contributed by atoms with Crippen LogP contribution in [-0.4, -0.2) is 17.4 Å². The number of hydrogen-bond acceptors (Lipinski definition) is 4. The molecular weight excluding hydrogens is 331 g/mol. The van der Waals surface area contributed by atoms with Gasteiger partial charge in [0.05, 0.1) is 12.2 Å². The van der Waals surface area contributed by atoms with Gasteiger partial charge in [0.2, 0.25) is 6.41 Å². The normalized spacial score (nSPS) is 10.5. The number of nitrogens with zero attached hydrogens (tertiary/aromatic N) is 1. The van der Waals surface area contributed by atoms with Crippen molar-refractivity contribution in [3.8, 4) is 0 Å². The highest BCUT2D eigenvalue weighted by Gasteiger charge is 2.15. The number of anilines is 1. The zero-order valence-electron chi connectivity index (χ0n) is 13.4. The fourth-order valence-electron chi connectivity index (χ4n) is 2.10. The molecule has 0 aliphatic rings. The van der Waals surface area contributed by atoms with E-state index in [1.165, 1.54) is 23.5 Å². The number of amides is 3. The van der Waals surface area contributed by atoms with Gasteiger partial charge >= 0.3 is 6.03 Å². The van der Waals surface area contributed by atoms with E-state index in [0.717, 1.165) is 10.6 Å². The van der Waals surface area contributed by atoms with Crippen LogP contribution < -0.4 is 16.0 Å². The monoisotopic (exact) mass is 350 g/mol. The van der Waals surface area contributed by atoms with Crippen molar-refractivity contribution in [1.82, 2.24) is 15.6 Å². The number of nitrogens with one attached hydrogen (secondary N) is 3. The van der Waals surface area contributed by atoms with E-state index in [0.29, 0.717) is 23.6 Å². The van der Waals surface area contributed by atoms with Crippen LogP contribution in [0.1, 0.15) is 35.9 Å². The van der Waals surface area contributed by atoms with Crippen molar-refractivity contribution in [1.29, 1.82) is 0 Å². The molecule has 6 nitrogen and oxygen atoms in total. The molecule has 0 fully saturated rings. The van der Waals surface area contributed by atoms with E-state index in [1.807, 2.05) is 13.8 Å². The Balaban J connectivity index is 1.96. The molecule has 0 atom stereocenters. The maximum atomic E-state index is 13.1. The summed E-state index contributed by atoms with van der Waals surface area (Å²) in [5.74, 6) is -0.111. The summed E-state index contributed by atoms with van der Waals surface area (Å²) in [7, 11) is 0. The molecule has 0 spiro atoms. The molecule has 1 heterocycles. The van der Waals surface area contributed by atoms with Gasteiger partial charge in [0.25, 0.3) is 0 Å². The average molecular weight is 350 g/mol. The summed E-state index contributed by atoms with van der Waals surface area (Å²) in [6.07, 6.45) is 0.613. The molecule has 0 unspecified atom stereocenters. The van der Waals surface area contributed by atoms with Crippen molar-refractivity contribution in [3.05, 3.63) is 46.2 Å². The standard InChI is InChI=1S/C16H19FN4O2S/c1-10(2)14-13(8-18-9-22)20-16(24-14)21-15(23)19-7-11-4-3-5-12(17)6-11/h3-6,9-10H,7-8H2,1-2H3,(H,18,22)(H2,19,20,21,23). The average Bonchev–Trinajstić information content (AvgIpc) is 2.94. The zero-order valence-corrected chi connectivity index (χ0v) is 14.2. The molecule has 0 saturated heterocycles. The fourth-order valence-corrected chi connectivity index (χ4v) is 3.08. The number of aromatic nitrogens is 1. The van der Waals surface area contributed by atoms with Gasteiger partial charge in [0.15, 0.2) is 5.13 Å². The first-order valence-corrected chi connectivity index (χ1v) is 8.27. The molecule has 1 aromatic carbocycles. The lowest BCUT2D eigenvalue weighted by molar-refractivity contribution is -0.109. The Bertz CT molecular complexity index is 718. The number of rotatable bonds is 7. The Morgan fingerprint density at radius 3 is 2.83 bits per heavy atom. The maximum absolute atomic E-state index is 13.1. The summed E-state index contributed by atoms with van der Waals surface area (Å²) in [5.41, 5.74) is 1.41. The number of benzene rings is 1. The molecule has 3 amide bonds. The Morgan fingerprint density at radius 2 is 2.17 bits per heavy atom. The first-order valence-electron chi connectivity index (χ1n) is 7.45. The molecule has 0 saturated carbocycles. The van der Waals surface area contributed by atoms with Crippen molar-refractivity contribution in [2.75, 3.05) is 5.32 Å². The highest BCUT2D eigenvalue weighted by Crippen LogP contribution is 2.29. The lowest BCUT2D eigenvalue weighted by Gasteiger charge is -2.05. The Morgan fingerprint density at radius 1 is 1.38 bits per heavy atom. The van der Waals surface area contributed by atoms with Gasteiger partial charge in [-0.3, -0.25) is 10.1 Å². The molecule has 2 aromatic rings. The minimum absolute atomic E-state index is 0.214. The van der Waals surface area contributed by atoms with Gasteiger partial charge in [0.1, 0.15) is 5.82 Å². The summed E-state index contributed by atoms with van der Waals surface area (Å²) in [6.45, 7) is 4.57. The molecular formula is C16H19FN4O2S. The quantitative estimate of drug-likeness (QED) is 0.671. The maximum Gasteiger partial charge on any atom is 0.321 e. The molecule has 1 aromatic heterocycles. The van der Waals surface area contributed by atoms with Crippen LogP contribution in [0.5, 0.6) is 0 Å². The minimum Gasteiger partial charge on any atom is -0.353 e. The summed E-state index contributed by atoms with van der Waals surface area (Å²) >= 11 is 1.37. The van der Waals surface area contributed by atoms with Crippen LogP contribution in [0.25, 0.3) is 0 Å². The zero-order chi connectivity index (χ0) is 17.5. The molecule has 24 heavy (non-hydrogen) atoms. The van der Waals surface area contributed by atoms with Gasteiger partial charge in [-0.2, -0.15) is 0 Å². The van der Waals surface area contributed by atoms with Crippen molar-refractivity contribution < 1.29 is 14.0 Å². The Hall–Kier alpha value is -2.48. The first-order chi connectivity index (χ1) is 11.5. The van der Waals surface area contributed by atoms with Gasteiger partial charge in [-0.05, 0) is 23.6 Å². The number of hydrogen-bond donors (Lipinski definition) is 3. The lowest BCUT2D eigenvalue weighted by atomic mass is 10.1. The molecule has 128 valence electrons. The Kier molecular flexibility index (Phi) is 6.25. The largest absolute Gasteiger partial charge is 0.353 e. The molecule has 0 aliphatic heterocycles. The van der Waals surface area contributed by atoms with E-state index in [4.69, 9.17) is 0 Å². The number of carbonyl (C=O) groups is 2. The number of urea groups is 1. The van der Waals surface area contributed by atoms with Crippen LogP contribution in [0.2, 0.25) is 0 Å². The van der Waals surface area contributed by atoms with Crippen molar-refractivity contribution in [3.63, 3.8) is 0 Å². The van der Waals surface area contributed by atoms with E-state index in [9.17, 15) is 14.0 Å². The van der Waals surface area contributed by atoms with E-state index < -0.39 is 6.03 Å². The van der Waals surface area contributed by atoms with E-state index in [1.54, 1.807) is 12.1 Å². The van der Waals surface area contributed by atoms with Gasteiger partial charge in [0, 0.05) is 11.4 Å². The molecule has 2 rings (SSSR count). The van der Waals surface area contributed by atoms with Crippen molar-refractivity contribution in [2.24, 2.45) is 0 Å². The number of carbonyl (C=O) groups excluding carboxylic acids is 2. The number of halogens is 1. The van der Waals surface area contributed by atoms with E-state index in [-0.39, 0.29) is 18.3 Å². The second kappa shape index (κ2) is 8.39. The van der Waals surface area contributed by atoms with Gasteiger partial charge in [-0.25, -0.2) is 14.2 Å². The van der Waals surface area contributed by atoms with Crippen LogP contribution in [0, 0.1) is 5.82 Å². The van der Waals surface area contributed by atoms with Crippen LogP contribution >= 0.6 is 11.3 Å². The third-order valence-electron chi connectivity index (χ3n) is 3.17. The lowest BCUT2D eigenvalue weighted by Crippen LogP contribution is -2.28. The van der Waals surface area contributed by atoms with Gasteiger partial charge in [-0.15, -0.1) is 11.3 Å². The fraction of sp³-hybridized carbons (Fsp3) is 0.312. The first kappa shape index (κ1) is 17.9. The second-order valence-electron chi connectivity index (χ2n) is 5.42. The molecule has 8 heteroatoms. The minimum atomic E-state index is -0.418. The summed E-state index contributed by atoms with van der Waals surface area (Å²) in [6, 6.07) is 5.61. The van der Waals surface area contributed by atoms with Crippen molar-refractivity contribution >= 4 is 28.9 Å². The summed E-state index contributed by atoms with van der Waals surface area (Å²) in [4.78, 5) is 27.7. The van der Waals surface area contributed by atoms with Crippen molar-refractivity contribution in [2.45, 2.75) is 32.9 Å². The van der Waals surface area contributed by atoms with Crippen LogP contribution in [-0.2, 0) is 17.9 Å². The summed E-state index contributed by atoms with van der Waals surface area (Å²) in [5, 5.41) is 8.36. The van der Waals surface area contributed by atoms with Crippen LogP contribution in [0.4, 0.5) is 14.3 Å². The van der Waals surface area contributed by atoms with Gasteiger partial charge < -0.3 is 10.6 Å². The van der Waals surface area contributed by atoms with E-state index in [2.05, 4.69) is 20.9 Å². The third-order valence-corrected chi connectivity index (χ3v) is 4.48. The van der Waals surface area contributed by atoms with Crippen LogP contribution in [0.3, 0.4) is 0 Å². The molecule has 0 radical (unpaired) electrons. The summed E-state index contributed by atoms with van der Waals surface area (Å²) < 4.78 is 13.1. The smallest absolute Gasteiger partial charge is 0.321 e. The highest BCUT2D eigenvalue weighted by atomic mass is 32.1. The van der Waals surface area contributed by atoms with Crippen LogP contribution in [0.15, 0.2) is 24.3 Å². The molecule has 3 N–H and O–H groups in total. The van der Waals surface area contributed by atoms with Gasteiger partial charge in [-0.1, -0.05) is 26.0 Å². The molecule has 0 bridgehead atoms. The topological polar surface area (TPSA) is 83.1 Å². The predicted octanol–water partition coefficient (Wildman–Crippen LogP) is 2.97. The third kappa shape index (κ3) is 5.02. The predicted molar refractivity (Wildman–Crippen MR) is 91.4 cm³/mol. The Labute approximate surface area is 143 Å². The second-order valence-corrected chi connectivity index (χ2v) is 6.45. The highest BCUT2D eigenvalue weighted by molar-refractivity contribution is 7.16.